The second-order valence-electron chi connectivity index (χ2n) is 4.02. The van der Waals surface area contributed by atoms with Crippen LogP contribution in [0.25, 0.3) is 0 Å². The van der Waals surface area contributed by atoms with Gasteiger partial charge in [0.2, 0.25) is 5.91 Å². The minimum Gasteiger partial charge on any atom is -0.392 e. The van der Waals surface area contributed by atoms with Crippen molar-refractivity contribution >= 4 is 44.7 Å². The molecule has 0 heterocycles. The number of hydrogen-bond acceptors (Lipinski definition) is 2. The maximum absolute atomic E-state index is 13.4. The molecule has 0 aromatic heterocycles. The fraction of sp³-hybridized carbons (Fsp3) is 0.273. The molecule has 0 radical (unpaired) electrons. The van der Waals surface area contributed by atoms with E-state index in [1.54, 1.807) is 6.07 Å². The standard InChI is InChI=1S/C11H10BrFN2OS/c12-6-1-2-7(13)8(5-6)15-10(16)11(3-4-11)9(14)17/h1-2,5H,3-4H2,(H2,14,17)(H,15,16). The van der Waals surface area contributed by atoms with E-state index in [0.717, 1.165) is 0 Å². The van der Waals surface area contributed by atoms with Crippen LogP contribution in [0.3, 0.4) is 0 Å². The number of hydrogen-bond donors (Lipinski definition) is 2. The number of nitrogens with one attached hydrogen (secondary N) is 1. The number of benzene rings is 1. The second-order valence-corrected chi connectivity index (χ2v) is 5.38. The van der Waals surface area contributed by atoms with Gasteiger partial charge in [0.15, 0.2) is 0 Å². The molecule has 3 nitrogen and oxygen atoms in total. The molecule has 0 atom stereocenters. The maximum Gasteiger partial charge on any atom is 0.237 e. The molecule has 1 aromatic carbocycles. The first-order valence-electron chi connectivity index (χ1n) is 5.02. The number of carbonyl (C=O) groups is 1. The Labute approximate surface area is 112 Å². The first-order chi connectivity index (χ1) is 7.95. The highest BCUT2D eigenvalue weighted by Gasteiger charge is 2.52. The van der Waals surface area contributed by atoms with Crippen molar-refractivity contribution in [3.05, 3.63) is 28.5 Å². The van der Waals surface area contributed by atoms with Crippen LogP contribution in [0.5, 0.6) is 0 Å². The Balaban J connectivity index is 2.19. The van der Waals surface area contributed by atoms with Crippen molar-refractivity contribution in [2.45, 2.75) is 12.8 Å². The molecule has 0 spiro atoms. The summed E-state index contributed by atoms with van der Waals surface area (Å²) in [6.45, 7) is 0. The van der Waals surface area contributed by atoms with Crippen LogP contribution >= 0.6 is 28.1 Å². The molecular weight excluding hydrogens is 307 g/mol. The van der Waals surface area contributed by atoms with Crippen molar-refractivity contribution in [1.82, 2.24) is 0 Å². The van der Waals surface area contributed by atoms with Gasteiger partial charge in [-0.25, -0.2) is 4.39 Å². The lowest BCUT2D eigenvalue weighted by Gasteiger charge is -2.14. The Morgan fingerprint density at radius 3 is 2.71 bits per heavy atom. The second kappa shape index (κ2) is 4.34. The van der Waals surface area contributed by atoms with Crippen LogP contribution in [0, 0.1) is 11.2 Å². The minimum atomic E-state index is -0.774. The third-order valence-electron chi connectivity index (χ3n) is 2.83. The molecule has 1 saturated carbocycles. The van der Waals surface area contributed by atoms with Crippen LogP contribution in [0.4, 0.5) is 10.1 Å². The lowest BCUT2D eigenvalue weighted by atomic mass is 10.1. The topological polar surface area (TPSA) is 55.1 Å². The first kappa shape index (κ1) is 12.4. The van der Waals surface area contributed by atoms with E-state index in [-0.39, 0.29) is 16.6 Å². The Morgan fingerprint density at radius 1 is 1.53 bits per heavy atom. The number of thiocarbonyl (C=S) groups is 1. The average molecular weight is 317 g/mol. The molecule has 1 amide bonds. The van der Waals surface area contributed by atoms with Gasteiger partial charge >= 0.3 is 0 Å². The summed E-state index contributed by atoms with van der Waals surface area (Å²) in [5.41, 5.74) is 4.88. The van der Waals surface area contributed by atoms with E-state index in [1.807, 2.05) is 0 Å². The van der Waals surface area contributed by atoms with Gasteiger partial charge in [0.25, 0.3) is 0 Å². The van der Waals surface area contributed by atoms with Crippen LogP contribution in [-0.4, -0.2) is 10.9 Å². The van der Waals surface area contributed by atoms with Crippen LogP contribution in [-0.2, 0) is 4.79 Å². The summed E-state index contributed by atoms with van der Waals surface area (Å²) in [6, 6.07) is 4.34. The Morgan fingerprint density at radius 2 is 2.18 bits per heavy atom. The number of amides is 1. The predicted molar refractivity (Wildman–Crippen MR) is 71.2 cm³/mol. The van der Waals surface area contributed by atoms with Gasteiger partial charge in [-0.3, -0.25) is 4.79 Å². The van der Waals surface area contributed by atoms with Crippen LogP contribution in [0.2, 0.25) is 0 Å². The van der Waals surface area contributed by atoms with Gasteiger partial charge in [-0.15, -0.1) is 0 Å². The molecule has 2 rings (SSSR count). The maximum atomic E-state index is 13.4. The van der Waals surface area contributed by atoms with E-state index in [4.69, 9.17) is 18.0 Å². The zero-order chi connectivity index (χ0) is 12.6. The largest absolute Gasteiger partial charge is 0.392 e. The molecule has 17 heavy (non-hydrogen) atoms. The van der Waals surface area contributed by atoms with Crippen LogP contribution < -0.4 is 11.1 Å². The molecule has 0 saturated heterocycles. The lowest BCUT2D eigenvalue weighted by Crippen LogP contribution is -2.35. The smallest absolute Gasteiger partial charge is 0.237 e. The third-order valence-corrected chi connectivity index (χ3v) is 3.72. The SMILES string of the molecule is NC(=S)C1(C(=O)Nc2cc(Br)ccc2F)CC1. The van der Waals surface area contributed by atoms with Gasteiger partial charge in [-0.1, -0.05) is 28.1 Å². The molecule has 1 fully saturated rings. The molecule has 90 valence electrons. The Bertz CT molecular complexity index is 502. The summed E-state index contributed by atoms with van der Waals surface area (Å²) in [7, 11) is 0. The number of anilines is 1. The van der Waals surface area contributed by atoms with Gasteiger partial charge in [0.05, 0.1) is 16.1 Å². The number of carbonyl (C=O) groups excluding carboxylic acids is 1. The zero-order valence-corrected chi connectivity index (χ0v) is 11.2. The predicted octanol–water partition coefficient (Wildman–Crippen LogP) is 2.59. The van der Waals surface area contributed by atoms with E-state index in [0.29, 0.717) is 17.3 Å². The fourth-order valence-corrected chi connectivity index (χ4v) is 2.20. The minimum absolute atomic E-state index is 0.131. The molecular formula is C11H10BrFN2OS. The van der Waals surface area contributed by atoms with Gasteiger partial charge in [0.1, 0.15) is 5.82 Å². The zero-order valence-electron chi connectivity index (χ0n) is 8.80. The Hall–Kier alpha value is -1.01. The molecule has 1 aliphatic rings. The number of halogens is 2. The monoisotopic (exact) mass is 316 g/mol. The summed E-state index contributed by atoms with van der Waals surface area (Å²) >= 11 is 8.07. The quantitative estimate of drug-likeness (QED) is 0.843. The molecule has 3 N–H and O–H groups in total. The van der Waals surface area contributed by atoms with Gasteiger partial charge < -0.3 is 11.1 Å². The summed E-state index contributed by atoms with van der Waals surface area (Å²) in [5.74, 6) is -0.817. The van der Waals surface area contributed by atoms with Crippen molar-refractivity contribution in [2.24, 2.45) is 11.1 Å². The van der Waals surface area contributed by atoms with Gasteiger partial charge in [-0.2, -0.15) is 0 Å². The number of rotatable bonds is 3. The summed E-state index contributed by atoms with van der Waals surface area (Å²) < 4.78 is 14.1. The molecule has 0 bridgehead atoms. The van der Waals surface area contributed by atoms with E-state index >= 15 is 0 Å². The third kappa shape index (κ3) is 2.32. The highest BCUT2D eigenvalue weighted by molar-refractivity contribution is 9.10. The fourth-order valence-electron chi connectivity index (χ4n) is 1.55. The van der Waals surface area contributed by atoms with E-state index in [2.05, 4.69) is 21.2 Å². The molecule has 0 aliphatic heterocycles. The van der Waals surface area contributed by atoms with Gasteiger partial charge in [-0.05, 0) is 31.0 Å². The van der Waals surface area contributed by atoms with E-state index in [9.17, 15) is 9.18 Å². The lowest BCUT2D eigenvalue weighted by molar-refractivity contribution is -0.118. The molecule has 1 aromatic rings. The van der Waals surface area contributed by atoms with Crippen molar-refractivity contribution in [2.75, 3.05) is 5.32 Å². The summed E-state index contributed by atoms with van der Waals surface area (Å²) in [6.07, 6.45) is 1.26. The van der Waals surface area contributed by atoms with Crippen molar-refractivity contribution in [3.63, 3.8) is 0 Å². The molecule has 0 unspecified atom stereocenters. The number of nitrogens with two attached hydrogens (primary N) is 1. The van der Waals surface area contributed by atoms with Crippen LogP contribution in [0.1, 0.15) is 12.8 Å². The van der Waals surface area contributed by atoms with Crippen LogP contribution in [0.15, 0.2) is 22.7 Å². The van der Waals surface area contributed by atoms with Crippen molar-refractivity contribution in [3.8, 4) is 0 Å². The first-order valence-corrected chi connectivity index (χ1v) is 6.22. The van der Waals surface area contributed by atoms with Crippen molar-refractivity contribution < 1.29 is 9.18 Å². The van der Waals surface area contributed by atoms with Crippen molar-refractivity contribution in [1.29, 1.82) is 0 Å². The molecule has 1 aliphatic carbocycles. The normalized spacial score (nSPS) is 16.4. The highest BCUT2D eigenvalue weighted by atomic mass is 79.9. The van der Waals surface area contributed by atoms with E-state index < -0.39 is 11.2 Å². The summed E-state index contributed by atoms with van der Waals surface area (Å²) in [4.78, 5) is 12.1. The highest BCUT2D eigenvalue weighted by Crippen LogP contribution is 2.47. The molecule has 6 heteroatoms. The van der Waals surface area contributed by atoms with Gasteiger partial charge in [0, 0.05) is 4.47 Å². The average Bonchev–Trinajstić information content (AvgIpc) is 3.04. The van der Waals surface area contributed by atoms with E-state index in [1.165, 1.54) is 12.1 Å². The summed E-state index contributed by atoms with van der Waals surface area (Å²) in [5, 5.41) is 2.52. The Kier molecular flexibility index (Phi) is 3.18.